The average Bonchev–Trinajstić information content (AvgIpc) is 3.04. The van der Waals surface area contributed by atoms with E-state index in [0.717, 1.165) is 42.6 Å². The standard InChI is InChI=1S/C21H28N4O2/c1-14(2)12-22-21(27)19-24-18(17-9-4-5-10-25(17)19)20(26)23-13-16-8-6-7-15(3)11-16/h6-8,11,14H,4-5,9-10,12-13H2,1-3H3,(H,22,27)(H,23,26). The lowest BCUT2D eigenvalue weighted by molar-refractivity contribution is 0.0933. The van der Waals surface area contributed by atoms with Gasteiger partial charge in [-0.15, -0.1) is 0 Å². The Morgan fingerprint density at radius 3 is 2.74 bits per heavy atom. The van der Waals surface area contributed by atoms with Gasteiger partial charge in [-0.3, -0.25) is 9.59 Å². The molecule has 144 valence electrons. The third kappa shape index (κ3) is 4.56. The van der Waals surface area contributed by atoms with Crippen molar-refractivity contribution < 1.29 is 9.59 Å². The predicted molar refractivity (Wildman–Crippen MR) is 105 cm³/mol. The quantitative estimate of drug-likeness (QED) is 0.823. The van der Waals surface area contributed by atoms with Gasteiger partial charge in [0, 0.05) is 19.6 Å². The highest BCUT2D eigenvalue weighted by Gasteiger charge is 2.27. The van der Waals surface area contributed by atoms with Crippen molar-refractivity contribution in [1.29, 1.82) is 0 Å². The molecule has 0 saturated carbocycles. The van der Waals surface area contributed by atoms with Gasteiger partial charge in [-0.05, 0) is 37.7 Å². The fourth-order valence-electron chi connectivity index (χ4n) is 3.36. The van der Waals surface area contributed by atoms with E-state index >= 15 is 0 Å². The van der Waals surface area contributed by atoms with Crippen LogP contribution in [0.1, 0.15) is 64.6 Å². The van der Waals surface area contributed by atoms with Crippen LogP contribution < -0.4 is 10.6 Å². The molecular formula is C21H28N4O2. The highest BCUT2D eigenvalue weighted by molar-refractivity contribution is 5.97. The van der Waals surface area contributed by atoms with Crippen LogP contribution in [0.15, 0.2) is 24.3 Å². The van der Waals surface area contributed by atoms with E-state index in [-0.39, 0.29) is 11.8 Å². The fraction of sp³-hybridized carbons (Fsp3) is 0.476. The summed E-state index contributed by atoms with van der Waals surface area (Å²) in [6.07, 6.45) is 2.78. The maximum Gasteiger partial charge on any atom is 0.287 e. The topological polar surface area (TPSA) is 76.0 Å². The van der Waals surface area contributed by atoms with Gasteiger partial charge in [0.2, 0.25) is 0 Å². The van der Waals surface area contributed by atoms with E-state index in [1.807, 2.05) is 49.6 Å². The first-order valence-corrected chi connectivity index (χ1v) is 9.67. The molecule has 2 N–H and O–H groups in total. The molecule has 0 radical (unpaired) electrons. The van der Waals surface area contributed by atoms with Crippen LogP contribution in [0.4, 0.5) is 0 Å². The molecule has 0 unspecified atom stereocenters. The Labute approximate surface area is 160 Å². The number of aromatic nitrogens is 2. The highest BCUT2D eigenvalue weighted by atomic mass is 16.2. The number of carbonyl (C=O) groups is 2. The van der Waals surface area contributed by atoms with Crippen LogP contribution in [0.3, 0.4) is 0 Å². The first-order valence-electron chi connectivity index (χ1n) is 9.67. The molecule has 1 aliphatic heterocycles. The number of hydrogen-bond donors (Lipinski definition) is 2. The minimum Gasteiger partial charge on any atom is -0.349 e. The number of imidazole rings is 1. The second-order valence-corrected chi connectivity index (χ2v) is 7.62. The smallest absolute Gasteiger partial charge is 0.287 e. The third-order valence-corrected chi connectivity index (χ3v) is 4.74. The molecule has 27 heavy (non-hydrogen) atoms. The van der Waals surface area contributed by atoms with Crippen LogP contribution in [0.2, 0.25) is 0 Å². The summed E-state index contributed by atoms with van der Waals surface area (Å²) in [6.45, 7) is 7.89. The molecule has 0 fully saturated rings. The van der Waals surface area contributed by atoms with E-state index in [9.17, 15) is 9.59 Å². The Morgan fingerprint density at radius 2 is 2.00 bits per heavy atom. The predicted octanol–water partition coefficient (Wildman–Crippen LogP) is 2.84. The molecule has 6 heteroatoms. The van der Waals surface area contributed by atoms with E-state index in [1.165, 1.54) is 0 Å². The third-order valence-electron chi connectivity index (χ3n) is 4.74. The summed E-state index contributed by atoms with van der Waals surface area (Å²) in [7, 11) is 0. The van der Waals surface area contributed by atoms with Crippen molar-refractivity contribution in [3.05, 3.63) is 52.6 Å². The second-order valence-electron chi connectivity index (χ2n) is 7.62. The van der Waals surface area contributed by atoms with Crippen LogP contribution >= 0.6 is 0 Å². The van der Waals surface area contributed by atoms with E-state index < -0.39 is 0 Å². The maximum atomic E-state index is 12.8. The monoisotopic (exact) mass is 368 g/mol. The molecule has 2 aromatic rings. The largest absolute Gasteiger partial charge is 0.349 e. The number of amides is 2. The SMILES string of the molecule is Cc1cccc(CNC(=O)c2nc(C(=O)NCC(C)C)n3c2CCCC3)c1. The number of fused-ring (bicyclic) bond motifs is 1. The van der Waals surface area contributed by atoms with E-state index in [4.69, 9.17) is 0 Å². The van der Waals surface area contributed by atoms with Gasteiger partial charge in [0.1, 0.15) is 5.69 Å². The minimum absolute atomic E-state index is 0.204. The molecule has 1 aromatic heterocycles. The van der Waals surface area contributed by atoms with Gasteiger partial charge in [0.25, 0.3) is 11.8 Å². The first-order chi connectivity index (χ1) is 13.0. The maximum absolute atomic E-state index is 12.8. The van der Waals surface area contributed by atoms with Crippen LogP contribution in [-0.4, -0.2) is 27.9 Å². The van der Waals surface area contributed by atoms with E-state index in [1.54, 1.807) is 0 Å². The van der Waals surface area contributed by atoms with Crippen LogP contribution in [0, 0.1) is 12.8 Å². The molecule has 6 nitrogen and oxygen atoms in total. The first kappa shape index (κ1) is 19.1. The molecule has 1 aromatic carbocycles. The summed E-state index contributed by atoms with van der Waals surface area (Å²) < 4.78 is 1.92. The average molecular weight is 368 g/mol. The van der Waals surface area contributed by atoms with Gasteiger partial charge in [-0.1, -0.05) is 43.7 Å². The number of nitrogens with zero attached hydrogens (tertiary/aromatic N) is 2. The van der Waals surface area contributed by atoms with Gasteiger partial charge in [-0.2, -0.15) is 0 Å². The summed E-state index contributed by atoms with van der Waals surface area (Å²) in [6, 6.07) is 8.04. The Hall–Kier alpha value is -2.63. The number of aryl methyl sites for hydroxylation is 1. The Bertz CT molecular complexity index is 839. The molecule has 0 bridgehead atoms. The van der Waals surface area contributed by atoms with Gasteiger partial charge in [0.05, 0.1) is 5.69 Å². The second kappa shape index (κ2) is 8.37. The number of hydrogen-bond acceptors (Lipinski definition) is 3. The Morgan fingerprint density at radius 1 is 1.19 bits per heavy atom. The van der Waals surface area contributed by atoms with Crippen molar-refractivity contribution in [3.63, 3.8) is 0 Å². The zero-order valence-electron chi connectivity index (χ0n) is 16.3. The van der Waals surface area contributed by atoms with Gasteiger partial charge >= 0.3 is 0 Å². The molecule has 1 aliphatic rings. The lowest BCUT2D eigenvalue weighted by Gasteiger charge is -2.17. The lowest BCUT2D eigenvalue weighted by Crippen LogP contribution is -2.30. The van der Waals surface area contributed by atoms with Crippen LogP contribution in [0.25, 0.3) is 0 Å². The molecule has 2 amide bonds. The van der Waals surface area contributed by atoms with E-state index in [2.05, 4.69) is 15.6 Å². The normalized spacial score (nSPS) is 13.3. The van der Waals surface area contributed by atoms with E-state index in [0.29, 0.717) is 30.5 Å². The van der Waals surface area contributed by atoms with Crippen molar-refractivity contribution in [2.45, 2.75) is 53.1 Å². The zero-order chi connectivity index (χ0) is 19.4. The summed E-state index contributed by atoms with van der Waals surface area (Å²) in [4.78, 5) is 29.7. The molecule has 2 heterocycles. The lowest BCUT2D eigenvalue weighted by atomic mass is 10.1. The van der Waals surface area contributed by atoms with Crippen molar-refractivity contribution in [3.8, 4) is 0 Å². The Kier molecular flexibility index (Phi) is 5.94. The van der Waals surface area contributed by atoms with Crippen molar-refractivity contribution in [2.75, 3.05) is 6.54 Å². The number of rotatable bonds is 6. The summed E-state index contributed by atoms with van der Waals surface area (Å²) >= 11 is 0. The molecule has 3 rings (SSSR count). The van der Waals surface area contributed by atoms with Gasteiger partial charge < -0.3 is 15.2 Å². The summed E-state index contributed by atoms with van der Waals surface area (Å²) in [5, 5.41) is 5.86. The minimum atomic E-state index is -0.218. The number of benzene rings is 1. The molecule has 0 spiro atoms. The van der Waals surface area contributed by atoms with Gasteiger partial charge in [-0.25, -0.2) is 4.98 Å². The Balaban J connectivity index is 1.78. The van der Waals surface area contributed by atoms with Crippen LogP contribution in [0.5, 0.6) is 0 Å². The summed E-state index contributed by atoms with van der Waals surface area (Å²) in [5.41, 5.74) is 3.46. The fourth-order valence-corrected chi connectivity index (χ4v) is 3.36. The van der Waals surface area contributed by atoms with Crippen molar-refractivity contribution in [1.82, 2.24) is 20.2 Å². The molecule has 0 aliphatic carbocycles. The number of nitrogens with one attached hydrogen (secondary N) is 2. The number of carbonyl (C=O) groups excluding carboxylic acids is 2. The van der Waals surface area contributed by atoms with Crippen molar-refractivity contribution in [2.24, 2.45) is 5.92 Å². The highest BCUT2D eigenvalue weighted by Crippen LogP contribution is 2.21. The summed E-state index contributed by atoms with van der Waals surface area (Å²) in [5.74, 6) is 0.294. The molecule has 0 atom stereocenters. The molecule has 0 saturated heterocycles. The molecular weight excluding hydrogens is 340 g/mol. The van der Waals surface area contributed by atoms with Gasteiger partial charge in [0.15, 0.2) is 5.82 Å². The zero-order valence-corrected chi connectivity index (χ0v) is 16.3. The van der Waals surface area contributed by atoms with Crippen LogP contribution in [-0.2, 0) is 19.5 Å². The van der Waals surface area contributed by atoms with Crippen molar-refractivity contribution >= 4 is 11.8 Å².